The maximum absolute atomic E-state index is 12.2. The smallest absolute Gasteiger partial charge is 0.411 e. The Labute approximate surface area is 190 Å². The van der Waals surface area contributed by atoms with Crippen molar-refractivity contribution in [2.24, 2.45) is 5.41 Å². The highest BCUT2D eigenvalue weighted by Crippen LogP contribution is 2.65. The normalized spacial score (nSPS) is 23.3. The fraction of sp³-hybridized carbons (Fsp3) is 0.682. The molecular formula is C22H33Cl3N2O2. The molecule has 0 radical (unpaired) electrons. The molecule has 0 aromatic heterocycles. The molecule has 2 atom stereocenters. The first-order chi connectivity index (χ1) is 13.1. The van der Waals surface area contributed by atoms with Crippen LogP contribution in [0.25, 0.3) is 0 Å². The molecule has 1 aromatic rings. The number of hydrogen-bond acceptors (Lipinski definition) is 3. The molecule has 29 heavy (non-hydrogen) atoms. The molecule has 1 aliphatic rings. The van der Waals surface area contributed by atoms with Gasteiger partial charge in [0.2, 0.25) is 3.79 Å². The molecular weight excluding hydrogens is 431 g/mol. The predicted molar refractivity (Wildman–Crippen MR) is 124 cm³/mol. The molecule has 164 valence electrons. The fourth-order valence-electron chi connectivity index (χ4n) is 4.72. The number of hydrogen-bond donors (Lipinski definition) is 2. The van der Waals surface area contributed by atoms with Gasteiger partial charge in [-0.2, -0.15) is 0 Å². The van der Waals surface area contributed by atoms with Gasteiger partial charge < -0.3 is 10.1 Å². The summed E-state index contributed by atoms with van der Waals surface area (Å²) in [5.74, 6) is 0. The number of carbonyl (C=O) groups is 1. The molecule has 0 heterocycles. The van der Waals surface area contributed by atoms with Crippen LogP contribution in [0, 0.1) is 33.1 Å². The number of nitrogens with one attached hydrogen (secondary N) is 2. The predicted octanol–water partition coefficient (Wildman–Crippen LogP) is 6.50. The minimum atomic E-state index is -1.64. The Kier molecular flexibility index (Phi) is 6.87. The van der Waals surface area contributed by atoms with Gasteiger partial charge in [0.05, 0.1) is 5.69 Å². The molecule has 0 saturated heterocycles. The summed E-state index contributed by atoms with van der Waals surface area (Å²) in [5.41, 5.74) is 6.69. The van der Waals surface area contributed by atoms with Gasteiger partial charge in [-0.1, -0.05) is 69.4 Å². The van der Waals surface area contributed by atoms with Crippen LogP contribution in [0.5, 0.6) is 0 Å². The lowest BCUT2D eigenvalue weighted by molar-refractivity contribution is 0.164. The van der Waals surface area contributed by atoms with Crippen LogP contribution < -0.4 is 10.6 Å². The summed E-state index contributed by atoms with van der Waals surface area (Å²) in [4.78, 5) is 12.2. The first kappa shape index (κ1) is 24.6. The van der Waals surface area contributed by atoms with Crippen molar-refractivity contribution in [1.29, 1.82) is 0 Å². The van der Waals surface area contributed by atoms with Gasteiger partial charge in [0, 0.05) is 17.5 Å². The van der Waals surface area contributed by atoms with E-state index in [0.717, 1.165) is 16.8 Å². The van der Waals surface area contributed by atoms with Crippen LogP contribution in [-0.2, 0) is 10.2 Å². The van der Waals surface area contributed by atoms with E-state index in [0.29, 0.717) is 12.1 Å². The maximum Gasteiger partial charge on any atom is 0.411 e. The Hall–Kier alpha value is -0.680. The summed E-state index contributed by atoms with van der Waals surface area (Å²) in [6.45, 7) is 19.3. The number of anilines is 1. The topological polar surface area (TPSA) is 50.4 Å². The molecule has 1 fully saturated rings. The molecule has 2 N–H and O–H groups in total. The van der Waals surface area contributed by atoms with E-state index in [-0.39, 0.29) is 17.4 Å². The van der Waals surface area contributed by atoms with E-state index in [9.17, 15) is 4.79 Å². The Morgan fingerprint density at radius 3 is 1.93 bits per heavy atom. The standard InChI is InChI=1S/C22H33Cl3N2O2/c1-11(2)26-18-20(7,8)21(18,9)16-12(3)14(5)17(15(6)13(16)4)27-19(28)29-10-22(23,24)25/h11,18,26H,10H2,1-9H3,(H,27,28). The highest BCUT2D eigenvalue weighted by molar-refractivity contribution is 6.67. The van der Waals surface area contributed by atoms with Gasteiger partial charge in [-0.3, -0.25) is 5.32 Å². The average Bonchev–Trinajstić information content (AvgIpc) is 2.99. The molecule has 1 aliphatic carbocycles. The van der Waals surface area contributed by atoms with E-state index in [4.69, 9.17) is 39.5 Å². The van der Waals surface area contributed by atoms with Gasteiger partial charge in [0.15, 0.2) is 0 Å². The molecule has 2 unspecified atom stereocenters. The fourth-order valence-corrected chi connectivity index (χ4v) is 4.88. The zero-order valence-electron chi connectivity index (χ0n) is 18.8. The van der Waals surface area contributed by atoms with Crippen LogP contribution in [0.2, 0.25) is 0 Å². The van der Waals surface area contributed by atoms with Crippen molar-refractivity contribution >= 4 is 46.6 Å². The van der Waals surface area contributed by atoms with Gasteiger partial charge in [0.1, 0.15) is 6.61 Å². The van der Waals surface area contributed by atoms with Crippen molar-refractivity contribution in [2.45, 2.75) is 83.6 Å². The minimum absolute atomic E-state index is 0.00939. The quantitative estimate of drug-likeness (QED) is 0.490. The highest BCUT2D eigenvalue weighted by Gasteiger charge is 2.69. The van der Waals surface area contributed by atoms with Crippen molar-refractivity contribution in [1.82, 2.24) is 5.32 Å². The molecule has 7 heteroatoms. The molecule has 1 saturated carbocycles. The van der Waals surface area contributed by atoms with Crippen molar-refractivity contribution in [3.63, 3.8) is 0 Å². The van der Waals surface area contributed by atoms with Crippen LogP contribution in [0.3, 0.4) is 0 Å². The van der Waals surface area contributed by atoms with Crippen molar-refractivity contribution in [3.8, 4) is 0 Å². The average molecular weight is 464 g/mol. The van der Waals surface area contributed by atoms with Gasteiger partial charge in [-0.15, -0.1) is 0 Å². The van der Waals surface area contributed by atoms with Crippen LogP contribution in [0.4, 0.5) is 10.5 Å². The SMILES string of the molecule is Cc1c(C)c(C2(C)C(NC(C)C)C2(C)C)c(C)c(C)c1NC(=O)OCC(Cl)(Cl)Cl. The van der Waals surface area contributed by atoms with E-state index in [1.165, 1.54) is 16.7 Å². The van der Waals surface area contributed by atoms with Crippen molar-refractivity contribution in [3.05, 3.63) is 27.8 Å². The summed E-state index contributed by atoms with van der Waals surface area (Å²) in [6, 6.07) is 0.803. The lowest BCUT2D eigenvalue weighted by atomic mass is 9.80. The minimum Gasteiger partial charge on any atom is -0.445 e. The Morgan fingerprint density at radius 2 is 1.52 bits per heavy atom. The van der Waals surface area contributed by atoms with Crippen molar-refractivity contribution in [2.75, 3.05) is 11.9 Å². The third-order valence-electron chi connectivity index (χ3n) is 6.79. The third-order valence-corrected chi connectivity index (χ3v) is 7.12. The summed E-state index contributed by atoms with van der Waals surface area (Å²) in [5, 5.41) is 6.58. The zero-order chi connectivity index (χ0) is 22.5. The number of benzene rings is 1. The highest BCUT2D eigenvalue weighted by atomic mass is 35.6. The third kappa shape index (κ3) is 4.51. The second kappa shape index (κ2) is 8.11. The molecule has 2 rings (SSSR count). The van der Waals surface area contributed by atoms with Crippen molar-refractivity contribution < 1.29 is 9.53 Å². The molecule has 1 aromatic carbocycles. The number of rotatable bonds is 5. The van der Waals surface area contributed by atoms with E-state index in [1.54, 1.807) is 0 Å². The monoisotopic (exact) mass is 462 g/mol. The van der Waals surface area contributed by atoms with E-state index >= 15 is 0 Å². The number of amides is 1. The summed E-state index contributed by atoms with van der Waals surface area (Å²) in [7, 11) is 0. The van der Waals surface area contributed by atoms with Crippen LogP contribution in [-0.4, -0.2) is 28.6 Å². The maximum atomic E-state index is 12.2. The lowest BCUT2D eigenvalue weighted by Crippen LogP contribution is -2.31. The molecule has 4 nitrogen and oxygen atoms in total. The molecule has 0 bridgehead atoms. The van der Waals surface area contributed by atoms with Gasteiger partial charge in [0.25, 0.3) is 0 Å². The summed E-state index contributed by atoms with van der Waals surface area (Å²) < 4.78 is 3.41. The number of ether oxygens (including phenoxy) is 1. The van der Waals surface area contributed by atoms with Gasteiger partial charge in [-0.25, -0.2) is 4.79 Å². The second-order valence-electron chi connectivity index (χ2n) is 9.24. The Bertz CT molecular complexity index is 786. The largest absolute Gasteiger partial charge is 0.445 e. The lowest BCUT2D eigenvalue weighted by Gasteiger charge is -2.27. The molecule has 0 aliphatic heterocycles. The molecule has 0 spiro atoms. The van der Waals surface area contributed by atoms with E-state index in [1.807, 2.05) is 13.8 Å². The van der Waals surface area contributed by atoms with E-state index < -0.39 is 9.89 Å². The van der Waals surface area contributed by atoms with E-state index in [2.05, 4.69) is 59.1 Å². The van der Waals surface area contributed by atoms with Gasteiger partial charge >= 0.3 is 6.09 Å². The van der Waals surface area contributed by atoms with Crippen LogP contribution in [0.1, 0.15) is 62.4 Å². The summed E-state index contributed by atoms with van der Waals surface area (Å²) >= 11 is 17.0. The number of halogens is 3. The van der Waals surface area contributed by atoms with Crippen LogP contribution >= 0.6 is 34.8 Å². The first-order valence-electron chi connectivity index (χ1n) is 9.93. The first-order valence-corrected chi connectivity index (χ1v) is 11.1. The number of carbonyl (C=O) groups excluding carboxylic acids is 1. The Balaban J connectivity index is 2.42. The van der Waals surface area contributed by atoms with Gasteiger partial charge in [-0.05, 0) is 60.9 Å². The zero-order valence-corrected chi connectivity index (χ0v) is 21.1. The number of alkyl halides is 3. The molecule has 1 amide bonds. The second-order valence-corrected chi connectivity index (χ2v) is 11.8. The Morgan fingerprint density at radius 1 is 1.03 bits per heavy atom. The summed E-state index contributed by atoms with van der Waals surface area (Å²) in [6.07, 6.45) is -0.633. The van der Waals surface area contributed by atoms with Crippen LogP contribution in [0.15, 0.2) is 0 Å².